The standard InChI is InChI=1S/C28H30Cl2FN3O4S/c1-19(2)16-32-28(36)20(3)33(17-21-9-7-8-12-24(21)29)27(35)18-34(22-13-14-26(31)25(30)15-22)39(37,38)23-10-5-4-6-11-23/h4-15,19-20H,16-18H2,1-3H3,(H,32,36). The third-order valence-electron chi connectivity index (χ3n) is 5.95. The molecule has 0 fully saturated rings. The third kappa shape index (κ3) is 7.71. The molecule has 0 saturated carbocycles. The van der Waals surface area contributed by atoms with Gasteiger partial charge in [0.15, 0.2) is 0 Å². The highest BCUT2D eigenvalue weighted by molar-refractivity contribution is 7.92. The minimum atomic E-state index is -4.28. The number of halogens is 3. The zero-order chi connectivity index (χ0) is 28.7. The molecule has 7 nitrogen and oxygen atoms in total. The molecule has 0 spiro atoms. The monoisotopic (exact) mass is 593 g/mol. The molecule has 208 valence electrons. The SMILES string of the molecule is CC(C)CNC(=O)C(C)N(Cc1ccccc1Cl)C(=O)CN(c1ccc(F)c(Cl)c1)S(=O)(=O)c1ccccc1. The van der Waals surface area contributed by atoms with Gasteiger partial charge in [-0.2, -0.15) is 0 Å². The molecule has 3 aromatic carbocycles. The molecule has 0 radical (unpaired) electrons. The fourth-order valence-corrected chi connectivity index (χ4v) is 5.53. The van der Waals surface area contributed by atoms with Crippen molar-refractivity contribution < 1.29 is 22.4 Å². The molecule has 1 unspecified atom stereocenters. The van der Waals surface area contributed by atoms with E-state index in [1.165, 1.54) is 23.1 Å². The van der Waals surface area contributed by atoms with Crippen molar-refractivity contribution in [3.05, 3.63) is 94.2 Å². The van der Waals surface area contributed by atoms with Gasteiger partial charge < -0.3 is 10.2 Å². The van der Waals surface area contributed by atoms with Crippen molar-refractivity contribution >= 4 is 50.7 Å². The Hall–Kier alpha value is -3.14. The molecule has 0 saturated heterocycles. The first kappa shape index (κ1) is 30.4. The summed E-state index contributed by atoms with van der Waals surface area (Å²) in [5.41, 5.74) is 0.575. The van der Waals surface area contributed by atoms with Crippen molar-refractivity contribution in [3.63, 3.8) is 0 Å². The van der Waals surface area contributed by atoms with Crippen molar-refractivity contribution in [2.75, 3.05) is 17.4 Å². The molecule has 0 aliphatic rings. The topological polar surface area (TPSA) is 86.8 Å². The third-order valence-corrected chi connectivity index (χ3v) is 8.40. The van der Waals surface area contributed by atoms with Crippen LogP contribution in [-0.2, 0) is 26.2 Å². The van der Waals surface area contributed by atoms with Crippen LogP contribution >= 0.6 is 23.2 Å². The molecule has 39 heavy (non-hydrogen) atoms. The zero-order valence-electron chi connectivity index (χ0n) is 21.8. The van der Waals surface area contributed by atoms with E-state index in [-0.39, 0.29) is 28.1 Å². The average molecular weight is 595 g/mol. The second-order valence-corrected chi connectivity index (χ2v) is 12.0. The van der Waals surface area contributed by atoms with Gasteiger partial charge in [0.25, 0.3) is 10.0 Å². The van der Waals surface area contributed by atoms with Gasteiger partial charge in [-0.3, -0.25) is 13.9 Å². The lowest BCUT2D eigenvalue weighted by Crippen LogP contribution is -2.51. The molecule has 3 aromatic rings. The summed E-state index contributed by atoms with van der Waals surface area (Å²) in [6, 6.07) is 16.9. The Kier molecular flexibility index (Phi) is 10.4. The molecule has 0 aromatic heterocycles. The van der Waals surface area contributed by atoms with E-state index in [1.54, 1.807) is 49.4 Å². The molecule has 0 heterocycles. The summed E-state index contributed by atoms with van der Waals surface area (Å²) in [7, 11) is -4.28. The first-order valence-electron chi connectivity index (χ1n) is 12.2. The van der Waals surface area contributed by atoms with Crippen LogP contribution < -0.4 is 9.62 Å². The van der Waals surface area contributed by atoms with Crippen LogP contribution in [0.5, 0.6) is 0 Å². The largest absolute Gasteiger partial charge is 0.354 e. The number of hydrogen-bond donors (Lipinski definition) is 1. The number of benzene rings is 3. The molecule has 11 heteroatoms. The Balaban J connectivity index is 2.03. The number of amides is 2. The van der Waals surface area contributed by atoms with E-state index >= 15 is 0 Å². The smallest absolute Gasteiger partial charge is 0.264 e. The Morgan fingerprint density at radius 3 is 2.18 bits per heavy atom. The van der Waals surface area contributed by atoms with Gasteiger partial charge in [0.2, 0.25) is 11.8 Å². The predicted octanol–water partition coefficient (Wildman–Crippen LogP) is 5.52. The molecule has 0 bridgehead atoms. The number of carbonyl (C=O) groups is 2. The van der Waals surface area contributed by atoms with Gasteiger partial charge in [-0.25, -0.2) is 12.8 Å². The predicted molar refractivity (Wildman–Crippen MR) is 152 cm³/mol. The lowest BCUT2D eigenvalue weighted by molar-refractivity contribution is -0.139. The van der Waals surface area contributed by atoms with Crippen LogP contribution in [-0.4, -0.2) is 44.3 Å². The summed E-state index contributed by atoms with van der Waals surface area (Å²) < 4.78 is 42.2. The van der Waals surface area contributed by atoms with Gasteiger partial charge >= 0.3 is 0 Å². The average Bonchev–Trinajstić information content (AvgIpc) is 2.91. The van der Waals surface area contributed by atoms with Gasteiger partial charge in [0.1, 0.15) is 18.4 Å². The highest BCUT2D eigenvalue weighted by Gasteiger charge is 2.33. The molecule has 3 rings (SSSR count). The number of hydrogen-bond acceptors (Lipinski definition) is 4. The zero-order valence-corrected chi connectivity index (χ0v) is 24.1. The van der Waals surface area contributed by atoms with E-state index in [1.807, 2.05) is 13.8 Å². The van der Waals surface area contributed by atoms with E-state index in [0.29, 0.717) is 17.1 Å². The fraction of sp³-hybridized carbons (Fsp3) is 0.286. The highest BCUT2D eigenvalue weighted by Crippen LogP contribution is 2.28. The molecular formula is C28H30Cl2FN3O4S. The molecule has 1 N–H and O–H groups in total. The Morgan fingerprint density at radius 2 is 1.56 bits per heavy atom. The van der Waals surface area contributed by atoms with Crippen LogP contribution in [0.15, 0.2) is 77.7 Å². The van der Waals surface area contributed by atoms with Gasteiger partial charge in [0.05, 0.1) is 15.6 Å². The second kappa shape index (κ2) is 13.3. The number of sulfonamides is 1. The summed E-state index contributed by atoms with van der Waals surface area (Å²) in [6.07, 6.45) is 0. The summed E-state index contributed by atoms with van der Waals surface area (Å²) in [6.45, 7) is 5.13. The molecule has 0 aliphatic carbocycles. The van der Waals surface area contributed by atoms with Crippen LogP contribution in [0, 0.1) is 11.7 Å². The Bertz CT molecular complexity index is 1420. The first-order chi connectivity index (χ1) is 18.4. The van der Waals surface area contributed by atoms with E-state index in [0.717, 1.165) is 16.4 Å². The van der Waals surface area contributed by atoms with Gasteiger partial charge in [0, 0.05) is 18.1 Å². The van der Waals surface area contributed by atoms with Crippen LogP contribution in [0.4, 0.5) is 10.1 Å². The summed E-state index contributed by atoms with van der Waals surface area (Å²) in [5, 5.41) is 2.91. The molecule has 2 amide bonds. The lowest BCUT2D eigenvalue weighted by atomic mass is 10.1. The minimum Gasteiger partial charge on any atom is -0.354 e. The van der Waals surface area contributed by atoms with E-state index in [9.17, 15) is 22.4 Å². The van der Waals surface area contributed by atoms with E-state index in [4.69, 9.17) is 23.2 Å². The van der Waals surface area contributed by atoms with Crippen LogP contribution in [0.25, 0.3) is 0 Å². The van der Waals surface area contributed by atoms with Gasteiger partial charge in [-0.1, -0.05) is 73.4 Å². The van der Waals surface area contributed by atoms with Crippen molar-refractivity contribution in [2.24, 2.45) is 5.92 Å². The van der Waals surface area contributed by atoms with Gasteiger partial charge in [-0.05, 0) is 54.8 Å². The summed E-state index contributed by atoms with van der Waals surface area (Å²) in [5.74, 6) is -1.61. The summed E-state index contributed by atoms with van der Waals surface area (Å²) in [4.78, 5) is 28.0. The van der Waals surface area contributed by atoms with Gasteiger partial charge in [-0.15, -0.1) is 0 Å². The quantitative estimate of drug-likeness (QED) is 0.317. The molecular weight excluding hydrogens is 564 g/mol. The number of carbonyl (C=O) groups excluding carboxylic acids is 2. The lowest BCUT2D eigenvalue weighted by Gasteiger charge is -2.32. The number of nitrogens with zero attached hydrogens (tertiary/aromatic N) is 2. The fourth-order valence-electron chi connectivity index (χ4n) is 3.73. The minimum absolute atomic E-state index is 0.00629. The Labute approximate surface area is 238 Å². The van der Waals surface area contributed by atoms with Crippen LogP contribution in [0.1, 0.15) is 26.3 Å². The normalized spacial score (nSPS) is 12.2. The number of rotatable bonds is 11. The first-order valence-corrected chi connectivity index (χ1v) is 14.4. The maximum atomic E-state index is 13.9. The van der Waals surface area contributed by atoms with Crippen LogP contribution in [0.2, 0.25) is 10.0 Å². The maximum Gasteiger partial charge on any atom is 0.264 e. The highest BCUT2D eigenvalue weighted by atomic mass is 35.5. The molecule has 0 aliphatic heterocycles. The van der Waals surface area contributed by atoms with Crippen molar-refractivity contribution in [3.8, 4) is 0 Å². The second-order valence-electron chi connectivity index (χ2n) is 9.35. The number of nitrogens with one attached hydrogen (secondary N) is 1. The molecule has 1 atom stereocenters. The van der Waals surface area contributed by atoms with Crippen molar-refractivity contribution in [1.82, 2.24) is 10.2 Å². The summed E-state index contributed by atoms with van der Waals surface area (Å²) >= 11 is 12.3. The van der Waals surface area contributed by atoms with Crippen LogP contribution in [0.3, 0.4) is 0 Å². The van der Waals surface area contributed by atoms with Crippen molar-refractivity contribution in [1.29, 1.82) is 0 Å². The maximum absolute atomic E-state index is 13.9. The number of anilines is 1. The Morgan fingerprint density at radius 1 is 0.923 bits per heavy atom. The van der Waals surface area contributed by atoms with E-state index in [2.05, 4.69) is 5.32 Å². The van der Waals surface area contributed by atoms with E-state index < -0.39 is 40.2 Å². The van der Waals surface area contributed by atoms with Crippen molar-refractivity contribution in [2.45, 2.75) is 38.3 Å².